The van der Waals surface area contributed by atoms with Crippen molar-refractivity contribution in [1.82, 2.24) is 10.3 Å². The van der Waals surface area contributed by atoms with Crippen molar-refractivity contribution < 1.29 is 19.8 Å². The number of aliphatic carboxylic acids is 1. The molecule has 1 heterocycles. The molecule has 7 nitrogen and oxygen atoms in total. The van der Waals surface area contributed by atoms with E-state index in [4.69, 9.17) is 5.73 Å². The lowest BCUT2D eigenvalue weighted by molar-refractivity contribution is -0.139. The molecule has 0 aliphatic carbocycles. The monoisotopic (exact) mass is 407 g/mol. The van der Waals surface area contributed by atoms with Gasteiger partial charge < -0.3 is 21.3 Å². The van der Waals surface area contributed by atoms with Crippen LogP contribution in [0.4, 0.5) is 0 Å². The van der Waals surface area contributed by atoms with Crippen LogP contribution in [0.3, 0.4) is 0 Å². The molecule has 1 amide bonds. The number of fused-ring (bicyclic) bond motifs is 1. The van der Waals surface area contributed by atoms with Gasteiger partial charge >= 0.3 is 5.97 Å². The SMILES string of the molecule is Cc1cc(CO)c2cccc(Cc3cccc(C(=O)N[C@@H](CCN)C(=O)O)c3)c2n1. The fourth-order valence-electron chi connectivity index (χ4n) is 3.50. The number of pyridine rings is 1. The van der Waals surface area contributed by atoms with Gasteiger partial charge in [-0.2, -0.15) is 0 Å². The average molecular weight is 407 g/mol. The molecule has 7 heteroatoms. The standard InChI is InChI=1S/C23H25N3O4/c1-14-10-18(13-27)19-7-3-5-16(21(19)25-14)11-15-4-2-6-17(12-15)22(28)26-20(8-9-24)23(29)30/h2-7,10,12,20,27H,8-9,11,13,24H2,1H3,(H,26,28)(H,29,30)/t20-/m0/s1. The van der Waals surface area contributed by atoms with Crippen molar-refractivity contribution in [3.05, 3.63) is 76.5 Å². The van der Waals surface area contributed by atoms with Crippen molar-refractivity contribution in [3.63, 3.8) is 0 Å². The van der Waals surface area contributed by atoms with E-state index in [0.717, 1.165) is 33.3 Å². The highest BCUT2D eigenvalue weighted by Gasteiger charge is 2.20. The van der Waals surface area contributed by atoms with Gasteiger partial charge in [-0.25, -0.2) is 4.79 Å². The van der Waals surface area contributed by atoms with Crippen LogP contribution in [0.5, 0.6) is 0 Å². The summed E-state index contributed by atoms with van der Waals surface area (Å²) in [7, 11) is 0. The molecule has 3 rings (SSSR count). The second kappa shape index (κ2) is 9.47. The third-order valence-electron chi connectivity index (χ3n) is 4.95. The lowest BCUT2D eigenvalue weighted by Gasteiger charge is -2.14. The maximum Gasteiger partial charge on any atom is 0.326 e. The summed E-state index contributed by atoms with van der Waals surface area (Å²) in [4.78, 5) is 28.4. The van der Waals surface area contributed by atoms with Crippen LogP contribution >= 0.6 is 0 Å². The summed E-state index contributed by atoms with van der Waals surface area (Å²) < 4.78 is 0. The van der Waals surface area contributed by atoms with Crippen molar-refractivity contribution in [2.24, 2.45) is 5.73 Å². The Bertz CT molecular complexity index is 1080. The summed E-state index contributed by atoms with van der Waals surface area (Å²) in [6.07, 6.45) is 0.708. The summed E-state index contributed by atoms with van der Waals surface area (Å²) in [5, 5.41) is 22.3. The van der Waals surface area contributed by atoms with Crippen LogP contribution in [0.1, 0.15) is 39.2 Å². The lowest BCUT2D eigenvalue weighted by atomic mass is 9.98. The first-order valence-electron chi connectivity index (χ1n) is 9.74. The number of nitrogens with one attached hydrogen (secondary N) is 1. The minimum Gasteiger partial charge on any atom is -0.480 e. The van der Waals surface area contributed by atoms with E-state index in [0.29, 0.717) is 12.0 Å². The fourth-order valence-corrected chi connectivity index (χ4v) is 3.50. The number of carbonyl (C=O) groups is 2. The van der Waals surface area contributed by atoms with E-state index in [1.807, 2.05) is 37.3 Å². The number of nitrogens with zero attached hydrogens (tertiary/aromatic N) is 1. The van der Waals surface area contributed by atoms with Gasteiger partial charge in [-0.3, -0.25) is 9.78 Å². The number of carbonyl (C=O) groups excluding carboxylic acids is 1. The number of para-hydroxylation sites is 1. The number of aromatic nitrogens is 1. The van der Waals surface area contributed by atoms with Crippen molar-refractivity contribution in [1.29, 1.82) is 0 Å². The van der Waals surface area contributed by atoms with Gasteiger partial charge in [0, 0.05) is 16.6 Å². The molecule has 1 aromatic heterocycles. The topological polar surface area (TPSA) is 126 Å². The van der Waals surface area contributed by atoms with E-state index in [1.165, 1.54) is 0 Å². The van der Waals surface area contributed by atoms with Gasteiger partial charge in [0.15, 0.2) is 0 Å². The summed E-state index contributed by atoms with van der Waals surface area (Å²) in [5.41, 5.74) is 10.2. The van der Waals surface area contributed by atoms with Gasteiger partial charge in [-0.05, 0) is 61.2 Å². The smallest absolute Gasteiger partial charge is 0.326 e. The second-order valence-corrected chi connectivity index (χ2v) is 7.21. The highest BCUT2D eigenvalue weighted by atomic mass is 16.4. The first-order valence-corrected chi connectivity index (χ1v) is 9.74. The van der Waals surface area contributed by atoms with Gasteiger partial charge in [0.2, 0.25) is 0 Å². The summed E-state index contributed by atoms with van der Waals surface area (Å²) in [6, 6.07) is 13.8. The molecular formula is C23H25N3O4. The van der Waals surface area contributed by atoms with Gasteiger partial charge in [-0.15, -0.1) is 0 Å². The van der Waals surface area contributed by atoms with Crippen LogP contribution in [-0.2, 0) is 17.8 Å². The van der Waals surface area contributed by atoms with E-state index in [1.54, 1.807) is 18.2 Å². The predicted octanol–water partition coefficient (Wildman–Crippen LogP) is 2.16. The molecule has 2 aromatic carbocycles. The largest absolute Gasteiger partial charge is 0.480 e. The molecule has 3 aromatic rings. The number of hydrogen-bond acceptors (Lipinski definition) is 5. The molecule has 5 N–H and O–H groups in total. The average Bonchev–Trinajstić information content (AvgIpc) is 2.73. The van der Waals surface area contributed by atoms with Crippen molar-refractivity contribution in [2.45, 2.75) is 32.4 Å². The zero-order valence-electron chi connectivity index (χ0n) is 16.8. The third-order valence-corrected chi connectivity index (χ3v) is 4.95. The zero-order valence-corrected chi connectivity index (χ0v) is 16.8. The number of nitrogens with two attached hydrogens (primary N) is 1. The Balaban J connectivity index is 1.88. The second-order valence-electron chi connectivity index (χ2n) is 7.21. The van der Waals surface area contributed by atoms with E-state index >= 15 is 0 Å². The molecule has 0 saturated heterocycles. The number of hydrogen-bond donors (Lipinski definition) is 4. The van der Waals surface area contributed by atoms with Crippen molar-refractivity contribution in [2.75, 3.05) is 6.54 Å². The van der Waals surface area contributed by atoms with E-state index < -0.39 is 17.9 Å². The summed E-state index contributed by atoms with van der Waals surface area (Å²) >= 11 is 0. The maximum absolute atomic E-state index is 12.5. The highest BCUT2D eigenvalue weighted by molar-refractivity contribution is 5.96. The first-order chi connectivity index (χ1) is 14.4. The van der Waals surface area contributed by atoms with Crippen LogP contribution < -0.4 is 11.1 Å². The minimum atomic E-state index is -1.11. The Morgan fingerprint density at radius 1 is 1.13 bits per heavy atom. The molecule has 0 aliphatic heterocycles. The molecule has 0 bridgehead atoms. The Hall–Kier alpha value is -3.29. The van der Waals surface area contributed by atoms with Gasteiger partial charge in [0.25, 0.3) is 5.91 Å². The van der Waals surface area contributed by atoms with E-state index in [-0.39, 0.29) is 19.6 Å². The first kappa shape index (κ1) is 21.4. The van der Waals surface area contributed by atoms with Crippen LogP contribution in [-0.4, -0.2) is 39.7 Å². The van der Waals surface area contributed by atoms with Crippen LogP contribution in [0.15, 0.2) is 48.5 Å². The number of aliphatic hydroxyl groups is 1. The Labute approximate surface area is 174 Å². The molecule has 30 heavy (non-hydrogen) atoms. The highest BCUT2D eigenvalue weighted by Crippen LogP contribution is 2.24. The molecular weight excluding hydrogens is 382 g/mol. The lowest BCUT2D eigenvalue weighted by Crippen LogP contribution is -2.42. The Morgan fingerprint density at radius 2 is 1.90 bits per heavy atom. The fraction of sp³-hybridized carbons (Fsp3) is 0.261. The molecule has 0 saturated carbocycles. The van der Waals surface area contributed by atoms with E-state index in [2.05, 4.69) is 10.3 Å². The predicted molar refractivity (Wildman–Crippen MR) is 114 cm³/mol. The van der Waals surface area contributed by atoms with Gasteiger partial charge in [0.05, 0.1) is 12.1 Å². The number of amides is 1. The Morgan fingerprint density at radius 3 is 2.60 bits per heavy atom. The third kappa shape index (κ3) is 4.82. The van der Waals surface area contributed by atoms with Crippen molar-refractivity contribution >= 4 is 22.8 Å². The zero-order chi connectivity index (χ0) is 21.7. The quantitative estimate of drug-likeness (QED) is 0.453. The number of aryl methyl sites for hydroxylation is 1. The van der Waals surface area contributed by atoms with Crippen LogP contribution in [0.2, 0.25) is 0 Å². The molecule has 1 atom stereocenters. The molecule has 0 spiro atoms. The molecule has 0 unspecified atom stereocenters. The molecule has 0 fully saturated rings. The summed E-state index contributed by atoms with van der Waals surface area (Å²) in [5.74, 6) is -1.56. The number of benzene rings is 2. The van der Waals surface area contributed by atoms with Crippen LogP contribution in [0.25, 0.3) is 10.9 Å². The maximum atomic E-state index is 12.5. The molecule has 156 valence electrons. The summed E-state index contributed by atoms with van der Waals surface area (Å²) in [6.45, 7) is 1.99. The van der Waals surface area contributed by atoms with Gasteiger partial charge in [0.1, 0.15) is 6.04 Å². The number of carboxylic acids is 1. The molecule has 0 aliphatic rings. The number of aliphatic hydroxyl groups excluding tert-OH is 1. The van der Waals surface area contributed by atoms with E-state index in [9.17, 15) is 19.8 Å². The number of rotatable bonds is 8. The molecule has 0 radical (unpaired) electrons. The van der Waals surface area contributed by atoms with Gasteiger partial charge in [-0.1, -0.05) is 30.3 Å². The van der Waals surface area contributed by atoms with Crippen molar-refractivity contribution in [3.8, 4) is 0 Å². The number of carboxylic acid groups (broad SMARTS) is 1. The minimum absolute atomic E-state index is 0.0630. The van der Waals surface area contributed by atoms with Crippen LogP contribution in [0, 0.1) is 6.92 Å². The normalized spacial score (nSPS) is 12.0. The Kier molecular flexibility index (Phi) is 6.76.